The Bertz CT molecular complexity index is 959. The molecule has 0 fully saturated rings. The van der Waals surface area contributed by atoms with Gasteiger partial charge in [0.25, 0.3) is 5.90 Å². The van der Waals surface area contributed by atoms with E-state index in [1.54, 1.807) is 17.7 Å². The van der Waals surface area contributed by atoms with Crippen molar-refractivity contribution in [3.05, 3.63) is 64.5 Å². The monoisotopic (exact) mass is 447 g/mol. The summed E-state index contributed by atoms with van der Waals surface area (Å²) in [5.74, 6) is 0.378. The highest BCUT2D eigenvalue weighted by molar-refractivity contribution is 8.15. The Labute approximate surface area is 183 Å². The number of hydrogen-bond donors (Lipinski definition) is 0. The molecule has 0 radical (unpaired) electrons. The lowest BCUT2D eigenvalue weighted by Crippen LogP contribution is -2.19. The van der Waals surface area contributed by atoms with Gasteiger partial charge in [0, 0.05) is 23.3 Å². The van der Waals surface area contributed by atoms with Gasteiger partial charge in [0.2, 0.25) is 6.10 Å². The van der Waals surface area contributed by atoms with Crippen LogP contribution < -0.4 is 0 Å². The number of pyridine rings is 1. The fourth-order valence-corrected chi connectivity index (χ4v) is 2.80. The molecule has 0 spiro atoms. The molecule has 1 aliphatic rings. The van der Waals surface area contributed by atoms with Crippen LogP contribution in [-0.2, 0) is 19.0 Å². The van der Waals surface area contributed by atoms with E-state index in [1.165, 1.54) is 45.4 Å². The molecule has 1 aromatic rings. The van der Waals surface area contributed by atoms with Crippen LogP contribution in [0.5, 0.6) is 0 Å². The van der Waals surface area contributed by atoms with Crippen molar-refractivity contribution < 1.29 is 23.4 Å². The second-order valence-corrected chi connectivity index (χ2v) is 6.69. The van der Waals surface area contributed by atoms with Gasteiger partial charge in [-0.05, 0) is 12.1 Å². The Hall–Kier alpha value is -3.47. The first-order valence-corrected chi connectivity index (χ1v) is 9.66. The molecule has 1 unspecified atom stereocenters. The minimum atomic E-state index is -0.995. The molecule has 0 saturated heterocycles. The van der Waals surface area contributed by atoms with Gasteiger partial charge in [-0.2, -0.15) is 5.10 Å². The molecule has 31 heavy (non-hydrogen) atoms. The molecule has 0 aliphatic carbocycles. The summed E-state index contributed by atoms with van der Waals surface area (Å²) in [4.78, 5) is 13.7. The van der Waals surface area contributed by atoms with Crippen molar-refractivity contribution in [2.75, 3.05) is 27.9 Å². The van der Waals surface area contributed by atoms with Gasteiger partial charge < -0.3 is 19.0 Å². The molecular weight excluding hydrogens is 425 g/mol. The summed E-state index contributed by atoms with van der Waals surface area (Å²) >= 11 is 1.32. The van der Waals surface area contributed by atoms with E-state index in [4.69, 9.17) is 14.2 Å². The fraction of sp³-hybridized carbons (Fsp3) is 0.250. The summed E-state index contributed by atoms with van der Waals surface area (Å²) in [6.07, 6.45) is 4.61. The molecule has 0 saturated carbocycles. The largest absolute Gasteiger partial charge is 0.499 e. The van der Waals surface area contributed by atoms with E-state index in [0.29, 0.717) is 23.0 Å². The van der Waals surface area contributed by atoms with E-state index in [2.05, 4.69) is 43.5 Å². The van der Waals surface area contributed by atoms with Gasteiger partial charge >= 0.3 is 0 Å². The van der Waals surface area contributed by atoms with Gasteiger partial charge in [-0.1, -0.05) is 23.5 Å². The third-order valence-corrected chi connectivity index (χ3v) is 4.40. The van der Waals surface area contributed by atoms with Crippen LogP contribution in [0, 0.1) is 5.82 Å². The van der Waals surface area contributed by atoms with Crippen LogP contribution in [0.25, 0.3) is 0 Å². The highest BCUT2D eigenvalue weighted by Gasteiger charge is 2.26. The van der Waals surface area contributed by atoms with Gasteiger partial charge in [-0.25, -0.2) is 4.39 Å². The molecule has 11 heteroatoms. The van der Waals surface area contributed by atoms with Crippen LogP contribution in [-0.4, -0.2) is 57.2 Å². The second kappa shape index (κ2) is 12.3. The smallest absolute Gasteiger partial charge is 0.256 e. The zero-order valence-corrected chi connectivity index (χ0v) is 18.1. The average molecular weight is 447 g/mol. The lowest BCUT2D eigenvalue weighted by Gasteiger charge is -2.20. The summed E-state index contributed by atoms with van der Waals surface area (Å²) in [7, 11) is 4.28. The zero-order chi connectivity index (χ0) is 22.6. The van der Waals surface area contributed by atoms with Crippen LogP contribution in [0.3, 0.4) is 0 Å². The quantitative estimate of drug-likeness (QED) is 0.343. The molecule has 1 aliphatic heterocycles. The normalized spacial score (nSPS) is 20.3. The van der Waals surface area contributed by atoms with E-state index < -0.39 is 11.9 Å². The lowest BCUT2D eigenvalue weighted by molar-refractivity contribution is 0.150. The first-order chi connectivity index (χ1) is 15.0. The minimum Gasteiger partial charge on any atom is -0.499 e. The Balaban J connectivity index is 2.54. The number of oxime groups is 1. The average Bonchev–Trinajstić information content (AvgIpc) is 2.85. The lowest BCUT2D eigenvalue weighted by atomic mass is 10.1. The van der Waals surface area contributed by atoms with E-state index >= 15 is 0 Å². The summed E-state index contributed by atoms with van der Waals surface area (Å²) in [5.41, 5.74) is 2.08. The van der Waals surface area contributed by atoms with Gasteiger partial charge in [-0.3, -0.25) is 9.98 Å². The predicted molar refractivity (Wildman–Crippen MR) is 120 cm³/mol. The predicted octanol–water partition coefficient (Wildman–Crippen LogP) is 3.62. The third kappa shape index (κ3) is 7.07. The first-order valence-electron chi connectivity index (χ1n) is 8.78. The van der Waals surface area contributed by atoms with E-state index in [0.717, 1.165) is 6.20 Å². The minimum absolute atomic E-state index is 0.0476. The maximum atomic E-state index is 14.1. The van der Waals surface area contributed by atoms with Crippen molar-refractivity contribution in [3.63, 3.8) is 0 Å². The van der Waals surface area contributed by atoms with Gasteiger partial charge in [0.05, 0.1) is 44.4 Å². The molecule has 0 N–H and O–H groups in total. The molecule has 0 aromatic carbocycles. The zero-order valence-electron chi connectivity index (χ0n) is 17.3. The number of allylic oxidation sites excluding steroid dienone is 2. The van der Waals surface area contributed by atoms with Crippen molar-refractivity contribution >= 4 is 36.1 Å². The second-order valence-electron chi connectivity index (χ2n) is 5.72. The van der Waals surface area contributed by atoms with Gasteiger partial charge in [0.1, 0.15) is 24.4 Å². The number of rotatable bonds is 8. The van der Waals surface area contributed by atoms with Crippen molar-refractivity contribution in [3.8, 4) is 0 Å². The Morgan fingerprint density at radius 2 is 2.13 bits per heavy atom. The van der Waals surface area contributed by atoms with Crippen LogP contribution in [0.1, 0.15) is 17.4 Å². The van der Waals surface area contributed by atoms with Crippen molar-refractivity contribution in [2.45, 2.75) is 6.10 Å². The molecule has 1 aromatic heterocycles. The molecule has 2 heterocycles. The van der Waals surface area contributed by atoms with Crippen molar-refractivity contribution in [1.82, 2.24) is 4.98 Å². The SMILES string of the molecule is C=N/N=C(\OC)C(OC1=C/C(=C)S/C=N\C/C(OC)=C\1)c1cc(/C=N/OC)c(F)cn1. The number of halogens is 1. The Morgan fingerprint density at radius 1 is 1.32 bits per heavy atom. The Kier molecular flexibility index (Phi) is 9.43. The third-order valence-electron chi connectivity index (χ3n) is 3.72. The standard InChI is InChI=1S/C20H22FN5O4S/c1-13-6-15(8-16(27-3)10-23-12-31-13)30-19(20(28-4)26-22-2)18-7-14(9-25-29-5)17(21)11-24-18/h6-9,11-12,19H,1-2,10H2,3-5H3/b15-6+,16-8+,23-12-,25-9+,26-20-. The number of nitrogens with zero attached hydrogens (tertiary/aromatic N) is 5. The molecule has 1 atom stereocenters. The highest BCUT2D eigenvalue weighted by atomic mass is 32.2. The summed E-state index contributed by atoms with van der Waals surface area (Å²) < 4.78 is 31.0. The van der Waals surface area contributed by atoms with Crippen LogP contribution in [0.4, 0.5) is 4.39 Å². The molecule has 0 bridgehead atoms. The van der Waals surface area contributed by atoms with E-state index in [-0.39, 0.29) is 17.2 Å². The molecule has 9 nitrogen and oxygen atoms in total. The maximum absolute atomic E-state index is 14.1. The van der Waals surface area contributed by atoms with Crippen molar-refractivity contribution in [2.24, 2.45) is 20.4 Å². The van der Waals surface area contributed by atoms with Crippen LogP contribution >= 0.6 is 11.8 Å². The summed E-state index contributed by atoms with van der Waals surface area (Å²) in [6.45, 7) is 7.62. The summed E-state index contributed by atoms with van der Waals surface area (Å²) in [6, 6.07) is 1.43. The number of methoxy groups -OCH3 is 2. The molecule has 2 rings (SSSR count). The van der Waals surface area contributed by atoms with Crippen LogP contribution in [0.15, 0.2) is 67.8 Å². The Morgan fingerprint density at radius 3 is 2.81 bits per heavy atom. The van der Waals surface area contributed by atoms with E-state index in [9.17, 15) is 4.39 Å². The van der Waals surface area contributed by atoms with Gasteiger partial charge in [-0.15, -0.1) is 5.10 Å². The fourth-order valence-electron chi connectivity index (χ4n) is 2.33. The number of ether oxygens (including phenoxy) is 3. The molecule has 164 valence electrons. The van der Waals surface area contributed by atoms with Crippen molar-refractivity contribution in [1.29, 1.82) is 0 Å². The number of aliphatic imine (C=N–C) groups is 1. The number of thioether (sulfide) groups is 1. The van der Waals surface area contributed by atoms with Gasteiger partial charge in [0.15, 0.2) is 0 Å². The number of hydrogen-bond acceptors (Lipinski definition) is 10. The topological polar surface area (TPSA) is 99.3 Å². The molecule has 0 amide bonds. The van der Waals surface area contributed by atoms with Crippen LogP contribution in [0.2, 0.25) is 0 Å². The number of aromatic nitrogens is 1. The highest BCUT2D eigenvalue weighted by Crippen LogP contribution is 2.27. The maximum Gasteiger partial charge on any atom is 0.256 e. The van der Waals surface area contributed by atoms with E-state index in [1.807, 2.05) is 0 Å². The summed E-state index contributed by atoms with van der Waals surface area (Å²) in [5, 5.41) is 11.0. The molecular formula is C20H22FN5O4S. The first kappa shape index (κ1) is 23.8.